The third-order valence-electron chi connectivity index (χ3n) is 4.76. The largest absolute Gasteiger partial charge is 0.385 e. The van der Waals surface area contributed by atoms with Crippen LogP contribution in [-0.2, 0) is 0 Å². The third kappa shape index (κ3) is 10.5. The molecular weight excluding hydrogens is 389 g/mol. The average molecular weight is 426 g/mol. The van der Waals surface area contributed by atoms with Gasteiger partial charge in [-0.2, -0.15) is 0 Å². The highest BCUT2D eigenvalue weighted by atomic mass is 33.1. The first-order chi connectivity index (χ1) is 13.5. The van der Waals surface area contributed by atoms with Gasteiger partial charge in [0.25, 0.3) is 0 Å². The molecule has 2 unspecified atom stereocenters. The fraction of sp³-hybridized carbons (Fsp3) is 0.591. The van der Waals surface area contributed by atoms with Crippen LogP contribution in [0.5, 0.6) is 0 Å². The van der Waals surface area contributed by atoms with Gasteiger partial charge in [0, 0.05) is 36.3 Å². The number of thiol groups is 1. The number of halogens is 1. The Bertz CT molecular complexity index is 620. The first-order valence-corrected chi connectivity index (χ1v) is 12.2. The maximum atomic E-state index is 14.3. The Balaban J connectivity index is 2.37. The molecule has 1 aromatic rings. The molecule has 2 N–H and O–H groups in total. The summed E-state index contributed by atoms with van der Waals surface area (Å²) in [4.78, 5) is 4.06. The predicted molar refractivity (Wildman–Crippen MR) is 128 cm³/mol. The number of anilines is 1. The van der Waals surface area contributed by atoms with E-state index in [1.807, 2.05) is 13.0 Å². The molecule has 1 aromatic carbocycles. The van der Waals surface area contributed by atoms with Gasteiger partial charge >= 0.3 is 0 Å². The molecule has 0 spiro atoms. The van der Waals surface area contributed by atoms with Crippen LogP contribution in [0, 0.1) is 18.7 Å². The highest BCUT2D eigenvalue weighted by Crippen LogP contribution is 2.19. The zero-order chi connectivity index (χ0) is 20.8. The van der Waals surface area contributed by atoms with Gasteiger partial charge in [-0.25, -0.2) is 4.39 Å². The minimum absolute atomic E-state index is 0.264. The van der Waals surface area contributed by atoms with Crippen molar-refractivity contribution in [2.24, 2.45) is 10.9 Å². The van der Waals surface area contributed by atoms with Crippen LogP contribution in [0.2, 0.25) is 0 Å². The Morgan fingerprint density at radius 3 is 2.75 bits per heavy atom. The SMILES string of the molecule is CCCCC(C)CNC(C)CCCNc1cc(F)c(/C=N/C=C\SS)cc1C. The van der Waals surface area contributed by atoms with Crippen LogP contribution in [0.25, 0.3) is 0 Å². The smallest absolute Gasteiger partial charge is 0.134 e. The van der Waals surface area contributed by atoms with E-state index in [2.05, 4.69) is 48.1 Å². The van der Waals surface area contributed by atoms with E-state index in [1.54, 1.807) is 17.7 Å². The lowest BCUT2D eigenvalue weighted by Gasteiger charge is -2.18. The van der Waals surface area contributed by atoms with Gasteiger partial charge in [-0.1, -0.05) is 37.5 Å². The summed E-state index contributed by atoms with van der Waals surface area (Å²) in [5.74, 6) is 0.472. The molecule has 0 fully saturated rings. The van der Waals surface area contributed by atoms with E-state index in [0.717, 1.165) is 43.1 Å². The summed E-state index contributed by atoms with van der Waals surface area (Å²) in [7, 11) is 1.26. The lowest BCUT2D eigenvalue weighted by Crippen LogP contribution is -2.30. The molecule has 0 aliphatic rings. The summed E-state index contributed by atoms with van der Waals surface area (Å²) in [6, 6.07) is 3.89. The lowest BCUT2D eigenvalue weighted by atomic mass is 10.0. The van der Waals surface area contributed by atoms with Crippen LogP contribution in [0.4, 0.5) is 10.1 Å². The Labute approximate surface area is 179 Å². The summed E-state index contributed by atoms with van der Waals surface area (Å²) in [6.45, 7) is 10.7. The molecule has 0 saturated carbocycles. The molecule has 158 valence electrons. The van der Waals surface area contributed by atoms with E-state index < -0.39 is 0 Å². The monoisotopic (exact) mass is 425 g/mol. The first-order valence-electron chi connectivity index (χ1n) is 10.2. The zero-order valence-corrected chi connectivity index (χ0v) is 19.4. The number of aliphatic imine (C=N–C) groups is 1. The van der Waals surface area contributed by atoms with E-state index in [0.29, 0.717) is 11.6 Å². The molecule has 3 nitrogen and oxygen atoms in total. The minimum Gasteiger partial charge on any atom is -0.385 e. The van der Waals surface area contributed by atoms with Crippen LogP contribution in [0.3, 0.4) is 0 Å². The molecule has 0 saturated heterocycles. The number of nitrogens with zero attached hydrogens (tertiary/aromatic N) is 1. The van der Waals surface area contributed by atoms with Crippen LogP contribution >= 0.6 is 22.5 Å². The Morgan fingerprint density at radius 1 is 1.25 bits per heavy atom. The topological polar surface area (TPSA) is 36.4 Å². The Hall–Kier alpha value is -0.980. The summed E-state index contributed by atoms with van der Waals surface area (Å²) in [5.41, 5.74) is 2.36. The molecule has 6 heteroatoms. The standard InChI is InChI=1S/C22H36FN3S2/c1-5-6-8-17(2)15-26-19(4)9-7-10-25-22-14-21(23)20(13-18(22)3)16-24-11-12-28-27/h11-14,16-17,19,25-27H,5-10,15H2,1-4H3/b12-11-,24-16+. The van der Waals surface area contributed by atoms with Gasteiger partial charge in [0.05, 0.1) is 0 Å². The van der Waals surface area contributed by atoms with Crippen molar-refractivity contribution in [3.05, 3.63) is 40.7 Å². The number of aryl methyl sites for hydroxylation is 1. The fourth-order valence-electron chi connectivity index (χ4n) is 2.97. The van der Waals surface area contributed by atoms with Gasteiger partial charge in [-0.15, -0.1) is 11.7 Å². The van der Waals surface area contributed by atoms with Gasteiger partial charge in [0.15, 0.2) is 0 Å². The van der Waals surface area contributed by atoms with Crippen molar-refractivity contribution >= 4 is 34.4 Å². The van der Waals surface area contributed by atoms with Gasteiger partial charge in [0.1, 0.15) is 5.82 Å². The molecule has 0 heterocycles. The van der Waals surface area contributed by atoms with Crippen molar-refractivity contribution in [2.45, 2.75) is 65.8 Å². The second-order valence-electron chi connectivity index (χ2n) is 7.48. The van der Waals surface area contributed by atoms with Crippen LogP contribution in [-0.4, -0.2) is 25.3 Å². The maximum absolute atomic E-state index is 14.3. The number of nitrogens with one attached hydrogen (secondary N) is 2. The van der Waals surface area contributed by atoms with Crippen molar-refractivity contribution in [3.8, 4) is 0 Å². The van der Waals surface area contributed by atoms with Crippen molar-refractivity contribution < 1.29 is 4.39 Å². The van der Waals surface area contributed by atoms with Crippen LogP contribution in [0.15, 0.2) is 28.7 Å². The van der Waals surface area contributed by atoms with Gasteiger partial charge in [-0.3, -0.25) is 4.99 Å². The van der Waals surface area contributed by atoms with Crippen molar-refractivity contribution in [2.75, 3.05) is 18.4 Å². The molecule has 0 aliphatic heterocycles. The Morgan fingerprint density at radius 2 is 2.04 bits per heavy atom. The number of hydrogen-bond acceptors (Lipinski definition) is 5. The van der Waals surface area contributed by atoms with Crippen molar-refractivity contribution in [1.82, 2.24) is 5.32 Å². The van der Waals surface area contributed by atoms with Gasteiger partial charge in [0.2, 0.25) is 0 Å². The highest BCUT2D eigenvalue weighted by Gasteiger charge is 2.07. The first kappa shape index (κ1) is 25.1. The van der Waals surface area contributed by atoms with Crippen LogP contribution in [0.1, 0.15) is 64.0 Å². The molecule has 0 aliphatic carbocycles. The Kier molecular flexibility index (Phi) is 13.4. The van der Waals surface area contributed by atoms with Crippen LogP contribution < -0.4 is 10.6 Å². The van der Waals surface area contributed by atoms with Gasteiger partial charge < -0.3 is 10.6 Å². The highest BCUT2D eigenvalue weighted by molar-refractivity contribution is 8.69. The normalized spacial score (nSPS) is 14.1. The molecular formula is C22H36FN3S2. The zero-order valence-electron chi connectivity index (χ0n) is 17.7. The number of rotatable bonds is 14. The van der Waals surface area contributed by atoms with Crippen molar-refractivity contribution in [3.63, 3.8) is 0 Å². The van der Waals surface area contributed by atoms with E-state index in [-0.39, 0.29) is 5.82 Å². The number of benzene rings is 1. The molecule has 0 amide bonds. The molecule has 2 atom stereocenters. The molecule has 1 rings (SSSR count). The third-order valence-corrected chi connectivity index (χ3v) is 5.37. The van der Waals surface area contributed by atoms with Crippen molar-refractivity contribution in [1.29, 1.82) is 0 Å². The number of unbranched alkanes of at least 4 members (excludes halogenated alkanes) is 1. The molecule has 0 bridgehead atoms. The van der Waals surface area contributed by atoms with E-state index >= 15 is 0 Å². The minimum atomic E-state index is -0.264. The molecule has 0 radical (unpaired) electrons. The second kappa shape index (κ2) is 14.9. The summed E-state index contributed by atoms with van der Waals surface area (Å²) in [5, 5.41) is 8.72. The summed E-state index contributed by atoms with van der Waals surface area (Å²) < 4.78 is 14.3. The van der Waals surface area contributed by atoms with E-state index in [9.17, 15) is 4.39 Å². The predicted octanol–water partition coefficient (Wildman–Crippen LogP) is 6.60. The quantitative estimate of drug-likeness (QED) is 0.136. The van der Waals surface area contributed by atoms with Gasteiger partial charge in [-0.05, 0) is 68.7 Å². The number of hydrogen-bond donors (Lipinski definition) is 3. The van der Waals surface area contributed by atoms with E-state index in [4.69, 9.17) is 0 Å². The van der Waals surface area contributed by atoms with E-state index in [1.165, 1.54) is 36.3 Å². The summed E-state index contributed by atoms with van der Waals surface area (Å²) >= 11 is 3.99. The fourth-order valence-corrected chi connectivity index (χ4v) is 3.26. The molecule has 0 aromatic heterocycles. The average Bonchev–Trinajstić information content (AvgIpc) is 2.68. The second-order valence-corrected chi connectivity index (χ2v) is 8.60. The maximum Gasteiger partial charge on any atom is 0.134 e. The summed E-state index contributed by atoms with van der Waals surface area (Å²) in [6.07, 6.45) is 9.16. The molecule has 28 heavy (non-hydrogen) atoms. The lowest BCUT2D eigenvalue weighted by molar-refractivity contribution is 0.416.